The van der Waals surface area contributed by atoms with Crippen LogP contribution in [-0.4, -0.2) is 52.9 Å². The third-order valence-corrected chi connectivity index (χ3v) is 6.27. The molecule has 1 aromatic carbocycles. The van der Waals surface area contributed by atoms with Crippen molar-refractivity contribution in [2.24, 2.45) is 10.4 Å². The number of aliphatic imine (C=N–C) groups is 1. The van der Waals surface area contributed by atoms with Crippen molar-refractivity contribution in [1.82, 2.24) is 15.5 Å². The summed E-state index contributed by atoms with van der Waals surface area (Å²) in [5.41, 5.74) is -0.347. The van der Waals surface area contributed by atoms with E-state index in [4.69, 9.17) is 9.73 Å². The molecule has 8 heteroatoms. The Morgan fingerprint density at radius 3 is 2.35 bits per heavy atom. The van der Waals surface area contributed by atoms with Gasteiger partial charge in [-0.1, -0.05) is 50.6 Å². The van der Waals surface area contributed by atoms with E-state index in [1.807, 2.05) is 52.0 Å². The fourth-order valence-corrected chi connectivity index (χ4v) is 4.34. The number of benzene rings is 1. The van der Waals surface area contributed by atoms with E-state index < -0.39 is 28.7 Å². The molecule has 3 atom stereocenters. The first kappa shape index (κ1) is 25.7. The zero-order valence-corrected chi connectivity index (χ0v) is 21.6. The van der Waals surface area contributed by atoms with E-state index in [2.05, 4.69) is 10.6 Å². The van der Waals surface area contributed by atoms with Gasteiger partial charge in [0.25, 0.3) is 5.91 Å². The van der Waals surface area contributed by atoms with Crippen LogP contribution in [0.5, 0.6) is 0 Å². The number of nitrogens with zero attached hydrogens (tertiary/aromatic N) is 2. The smallest absolute Gasteiger partial charge is 0.408 e. The summed E-state index contributed by atoms with van der Waals surface area (Å²) in [5.74, 6) is 0.0931. The number of amidine groups is 1. The van der Waals surface area contributed by atoms with Crippen molar-refractivity contribution in [3.05, 3.63) is 35.4 Å². The summed E-state index contributed by atoms with van der Waals surface area (Å²) >= 11 is 0. The van der Waals surface area contributed by atoms with E-state index >= 15 is 0 Å². The van der Waals surface area contributed by atoms with Crippen molar-refractivity contribution in [3.8, 4) is 0 Å². The van der Waals surface area contributed by atoms with E-state index in [9.17, 15) is 14.4 Å². The zero-order valence-electron chi connectivity index (χ0n) is 21.6. The molecule has 186 valence electrons. The maximum absolute atomic E-state index is 13.7. The number of ether oxygens (including phenoxy) is 1. The number of rotatable bonds is 4. The van der Waals surface area contributed by atoms with Gasteiger partial charge in [0.1, 0.15) is 17.5 Å². The van der Waals surface area contributed by atoms with Gasteiger partial charge in [-0.2, -0.15) is 0 Å². The Labute approximate surface area is 202 Å². The predicted octanol–water partition coefficient (Wildman–Crippen LogP) is 3.67. The highest BCUT2D eigenvalue weighted by Gasteiger charge is 2.47. The van der Waals surface area contributed by atoms with Gasteiger partial charge in [0.2, 0.25) is 5.91 Å². The number of carbonyl (C=O) groups excluding carboxylic acids is 3. The molecule has 0 bridgehead atoms. The van der Waals surface area contributed by atoms with Crippen molar-refractivity contribution >= 4 is 23.7 Å². The number of hydrogen-bond acceptors (Lipinski definition) is 5. The molecule has 3 amide bonds. The van der Waals surface area contributed by atoms with Crippen LogP contribution in [0.4, 0.5) is 4.79 Å². The number of carbonyl (C=O) groups is 3. The van der Waals surface area contributed by atoms with Crippen LogP contribution in [0.25, 0.3) is 0 Å². The van der Waals surface area contributed by atoms with Gasteiger partial charge in [-0.05, 0) is 58.4 Å². The van der Waals surface area contributed by atoms with Crippen molar-refractivity contribution < 1.29 is 19.1 Å². The second kappa shape index (κ2) is 9.04. The summed E-state index contributed by atoms with van der Waals surface area (Å²) in [7, 11) is 0. The molecule has 1 saturated heterocycles. The average Bonchev–Trinajstić information content (AvgIpc) is 3.29. The first-order valence-electron chi connectivity index (χ1n) is 11.9. The summed E-state index contributed by atoms with van der Waals surface area (Å²) in [6.45, 7) is 15.4. The Kier molecular flexibility index (Phi) is 6.84. The van der Waals surface area contributed by atoms with Gasteiger partial charge in [-0.15, -0.1) is 0 Å². The molecule has 2 aliphatic rings. The van der Waals surface area contributed by atoms with Crippen molar-refractivity contribution in [2.45, 2.75) is 91.5 Å². The summed E-state index contributed by atoms with van der Waals surface area (Å²) in [5, 5.41) is 5.72. The molecule has 2 aliphatic heterocycles. The van der Waals surface area contributed by atoms with Gasteiger partial charge < -0.3 is 20.3 Å². The zero-order chi connectivity index (χ0) is 25.5. The Balaban J connectivity index is 1.85. The fraction of sp³-hybridized carbons (Fsp3) is 0.615. The Bertz CT molecular complexity index is 988. The average molecular weight is 471 g/mol. The molecule has 2 N–H and O–H groups in total. The van der Waals surface area contributed by atoms with E-state index in [0.29, 0.717) is 18.8 Å². The number of alkyl carbamates (subject to hydrolysis) is 1. The highest BCUT2D eigenvalue weighted by molar-refractivity contribution is 6.11. The molecule has 3 rings (SSSR count). The van der Waals surface area contributed by atoms with E-state index in [0.717, 1.165) is 17.5 Å². The molecule has 0 aliphatic carbocycles. The number of nitrogens with one attached hydrogen (secondary N) is 2. The number of hydrogen-bond donors (Lipinski definition) is 2. The van der Waals surface area contributed by atoms with Crippen LogP contribution < -0.4 is 10.6 Å². The Hall–Kier alpha value is -2.90. The van der Waals surface area contributed by atoms with Gasteiger partial charge in [0.05, 0.1) is 6.04 Å². The molecular weight excluding hydrogens is 432 g/mol. The van der Waals surface area contributed by atoms with Crippen molar-refractivity contribution in [3.63, 3.8) is 0 Å². The highest BCUT2D eigenvalue weighted by atomic mass is 16.6. The molecule has 2 heterocycles. The van der Waals surface area contributed by atoms with E-state index in [1.165, 1.54) is 0 Å². The lowest BCUT2D eigenvalue weighted by molar-refractivity contribution is -0.136. The third kappa shape index (κ3) is 5.42. The fourth-order valence-electron chi connectivity index (χ4n) is 4.34. The van der Waals surface area contributed by atoms with Crippen LogP contribution in [0.2, 0.25) is 0 Å². The summed E-state index contributed by atoms with van der Waals surface area (Å²) in [4.78, 5) is 45.7. The van der Waals surface area contributed by atoms with Crippen LogP contribution in [0.3, 0.4) is 0 Å². The number of aryl methyl sites for hydroxylation is 1. The molecule has 1 aromatic rings. The molecule has 0 aromatic heterocycles. The highest BCUT2D eigenvalue weighted by Crippen LogP contribution is 2.33. The van der Waals surface area contributed by atoms with E-state index in [1.54, 1.807) is 32.6 Å². The molecule has 34 heavy (non-hydrogen) atoms. The van der Waals surface area contributed by atoms with Gasteiger partial charge in [0.15, 0.2) is 5.54 Å². The summed E-state index contributed by atoms with van der Waals surface area (Å²) in [6.07, 6.45) is 0.850. The SMILES string of the molecule is Cc1ccc(C2(C)N=C(C3CCCN3C(=O)C(NC(=O)OC(C)(C)C)C(C)(C)C)NC2=O)cc1. The quantitative estimate of drug-likeness (QED) is 0.701. The second-order valence-electron chi connectivity index (χ2n) is 11.5. The van der Waals surface area contributed by atoms with Crippen LogP contribution in [-0.2, 0) is 19.9 Å². The monoisotopic (exact) mass is 470 g/mol. The molecule has 0 radical (unpaired) electrons. The lowest BCUT2D eigenvalue weighted by atomic mass is 9.85. The number of likely N-dealkylation sites (tertiary alicyclic amines) is 1. The third-order valence-electron chi connectivity index (χ3n) is 6.27. The van der Waals surface area contributed by atoms with Crippen molar-refractivity contribution in [1.29, 1.82) is 0 Å². The van der Waals surface area contributed by atoms with Gasteiger partial charge >= 0.3 is 6.09 Å². The first-order chi connectivity index (χ1) is 15.6. The maximum Gasteiger partial charge on any atom is 0.408 e. The van der Waals surface area contributed by atoms with Gasteiger partial charge in [-0.25, -0.2) is 9.79 Å². The van der Waals surface area contributed by atoms with E-state index in [-0.39, 0.29) is 17.9 Å². The summed E-state index contributed by atoms with van der Waals surface area (Å²) in [6, 6.07) is 6.61. The second-order valence-corrected chi connectivity index (χ2v) is 11.5. The largest absolute Gasteiger partial charge is 0.444 e. The minimum absolute atomic E-state index is 0.204. The maximum atomic E-state index is 13.7. The molecule has 3 unspecified atom stereocenters. The predicted molar refractivity (Wildman–Crippen MR) is 131 cm³/mol. The lowest BCUT2D eigenvalue weighted by Gasteiger charge is -2.36. The first-order valence-corrected chi connectivity index (χ1v) is 11.9. The van der Waals surface area contributed by atoms with Crippen LogP contribution >= 0.6 is 0 Å². The normalized spacial score (nSPS) is 23.9. The van der Waals surface area contributed by atoms with Crippen molar-refractivity contribution in [2.75, 3.05) is 6.54 Å². The Morgan fingerprint density at radius 1 is 1.18 bits per heavy atom. The lowest BCUT2D eigenvalue weighted by Crippen LogP contribution is -2.58. The van der Waals surface area contributed by atoms with Crippen LogP contribution in [0.1, 0.15) is 72.4 Å². The molecule has 1 fully saturated rings. The molecule has 8 nitrogen and oxygen atoms in total. The van der Waals surface area contributed by atoms with Gasteiger partial charge in [-0.3, -0.25) is 9.59 Å². The topological polar surface area (TPSA) is 100 Å². The standard InChI is InChI=1S/C26H38N4O4/c1-16-11-13-17(14-12-16)26(8)22(32)28-20(29-26)18-10-9-15-30(18)21(31)19(24(2,3)4)27-23(33)34-25(5,6)7/h11-14,18-19H,9-10,15H2,1-8H3,(H,27,33)(H,28,29,32). The summed E-state index contributed by atoms with van der Waals surface area (Å²) < 4.78 is 5.40. The number of amides is 3. The molecule has 0 spiro atoms. The van der Waals surface area contributed by atoms with Gasteiger partial charge in [0, 0.05) is 6.54 Å². The molecular formula is C26H38N4O4. The van der Waals surface area contributed by atoms with Crippen LogP contribution in [0.15, 0.2) is 29.3 Å². The Morgan fingerprint density at radius 2 is 1.79 bits per heavy atom. The minimum Gasteiger partial charge on any atom is -0.444 e. The molecule has 0 saturated carbocycles. The minimum atomic E-state index is -1.04. The van der Waals surface area contributed by atoms with Crippen LogP contribution in [0, 0.1) is 12.3 Å².